The Balaban J connectivity index is 1.33. The predicted octanol–water partition coefficient (Wildman–Crippen LogP) is 11.3. The molecule has 0 atom stereocenters. The summed E-state index contributed by atoms with van der Waals surface area (Å²) in [6.07, 6.45) is 0. The van der Waals surface area contributed by atoms with E-state index in [-0.39, 0.29) is 5.41 Å². The minimum atomic E-state index is -3.15. The van der Waals surface area contributed by atoms with Gasteiger partial charge in [0.15, 0.2) is 7.14 Å². The maximum Gasteiger partial charge on any atom is 0.171 e. The Morgan fingerprint density at radius 1 is 0.408 bits per heavy atom. The average molecular weight is 647 g/mol. The maximum atomic E-state index is 15.5. The molecule has 9 rings (SSSR count). The molecule has 0 radical (unpaired) electrons. The number of rotatable bonds is 5. The fourth-order valence-electron chi connectivity index (χ4n) is 8.16. The Kier molecular flexibility index (Phi) is 6.83. The molecule has 49 heavy (non-hydrogen) atoms. The molecule has 8 aromatic carbocycles. The zero-order chi connectivity index (χ0) is 33.2. The van der Waals surface area contributed by atoms with E-state index in [0.717, 1.165) is 15.9 Å². The van der Waals surface area contributed by atoms with Crippen molar-refractivity contribution in [2.24, 2.45) is 0 Å². The van der Waals surface area contributed by atoms with Gasteiger partial charge in [-0.1, -0.05) is 178 Å². The molecule has 1 nitrogen and oxygen atoms in total. The highest BCUT2D eigenvalue weighted by Gasteiger charge is 2.38. The third kappa shape index (κ3) is 4.50. The molecule has 0 saturated heterocycles. The zero-order valence-corrected chi connectivity index (χ0v) is 28.5. The minimum Gasteiger partial charge on any atom is -0.309 e. The minimum absolute atomic E-state index is 0.332. The summed E-state index contributed by atoms with van der Waals surface area (Å²) in [5.41, 5.74) is 9.56. The largest absolute Gasteiger partial charge is 0.309 e. The van der Waals surface area contributed by atoms with Crippen LogP contribution in [-0.2, 0) is 9.98 Å². The van der Waals surface area contributed by atoms with E-state index in [9.17, 15) is 0 Å². The molecule has 0 spiro atoms. The highest BCUT2D eigenvalue weighted by Crippen LogP contribution is 2.54. The van der Waals surface area contributed by atoms with E-state index in [2.05, 4.69) is 129 Å². The topological polar surface area (TPSA) is 17.1 Å². The van der Waals surface area contributed by atoms with Crippen molar-refractivity contribution in [1.82, 2.24) is 0 Å². The molecule has 1 aliphatic rings. The van der Waals surface area contributed by atoms with Gasteiger partial charge in [-0.15, -0.1) is 0 Å². The first-order valence-electron chi connectivity index (χ1n) is 17.0. The average Bonchev–Trinajstić information content (AvgIpc) is 3.17. The van der Waals surface area contributed by atoms with Crippen molar-refractivity contribution in [3.05, 3.63) is 187 Å². The Labute approximate surface area is 287 Å². The van der Waals surface area contributed by atoms with Crippen LogP contribution in [0.3, 0.4) is 0 Å². The van der Waals surface area contributed by atoms with E-state index < -0.39 is 7.14 Å². The summed E-state index contributed by atoms with van der Waals surface area (Å²) in [5.74, 6) is 0. The summed E-state index contributed by atoms with van der Waals surface area (Å²) < 4.78 is 15.5. The van der Waals surface area contributed by atoms with Gasteiger partial charge >= 0.3 is 0 Å². The first-order valence-corrected chi connectivity index (χ1v) is 18.7. The summed E-state index contributed by atoms with van der Waals surface area (Å²) in [6.45, 7) is 4.66. The van der Waals surface area contributed by atoms with Crippen LogP contribution in [0.4, 0.5) is 0 Å². The molecule has 0 fully saturated rings. The van der Waals surface area contributed by atoms with E-state index in [1.165, 1.54) is 66.1 Å². The van der Waals surface area contributed by atoms with E-state index in [0.29, 0.717) is 0 Å². The molecule has 2 heteroatoms. The summed E-state index contributed by atoms with van der Waals surface area (Å²) in [5, 5.41) is 7.61. The molecular weight excluding hydrogens is 611 g/mol. The van der Waals surface area contributed by atoms with Crippen LogP contribution in [-0.4, -0.2) is 0 Å². The first-order chi connectivity index (χ1) is 24.0. The highest BCUT2D eigenvalue weighted by atomic mass is 31.2. The van der Waals surface area contributed by atoms with E-state index in [4.69, 9.17) is 0 Å². The van der Waals surface area contributed by atoms with Gasteiger partial charge in [-0.25, -0.2) is 0 Å². The van der Waals surface area contributed by atoms with Crippen molar-refractivity contribution in [1.29, 1.82) is 0 Å². The molecule has 0 bridgehead atoms. The Bertz CT molecular complexity index is 2540. The molecular formula is C47H35OP. The number of hydrogen-bond donors (Lipinski definition) is 0. The van der Waals surface area contributed by atoms with Gasteiger partial charge in [-0.3, -0.25) is 0 Å². The van der Waals surface area contributed by atoms with Crippen molar-refractivity contribution in [3.8, 4) is 33.4 Å². The Morgan fingerprint density at radius 2 is 0.939 bits per heavy atom. The van der Waals surface area contributed by atoms with Gasteiger partial charge in [0.05, 0.1) is 0 Å². The first kappa shape index (κ1) is 29.6. The fraction of sp³-hybridized carbons (Fsp3) is 0.0638. The second-order valence-electron chi connectivity index (χ2n) is 13.6. The quantitative estimate of drug-likeness (QED) is 0.134. The highest BCUT2D eigenvalue weighted by molar-refractivity contribution is 7.85. The monoisotopic (exact) mass is 646 g/mol. The van der Waals surface area contributed by atoms with Crippen molar-refractivity contribution in [2.45, 2.75) is 19.3 Å². The Hall–Kier alpha value is -5.49. The van der Waals surface area contributed by atoms with Gasteiger partial charge in [0, 0.05) is 21.3 Å². The van der Waals surface area contributed by atoms with Crippen LogP contribution >= 0.6 is 7.14 Å². The number of benzene rings is 8. The SMILES string of the molecule is CC1(C)c2cc(P(=O)(c3ccccc3)c3ccccc3)ccc2-c2c3ccccc3c(-c3cccc(-c4ccccc4)c3)c3cccc1c23. The summed E-state index contributed by atoms with van der Waals surface area (Å²) in [6, 6.07) is 61.9. The van der Waals surface area contributed by atoms with Crippen molar-refractivity contribution >= 4 is 44.6 Å². The normalized spacial score (nSPS) is 13.3. The van der Waals surface area contributed by atoms with Gasteiger partial charge in [-0.05, 0) is 78.2 Å². The van der Waals surface area contributed by atoms with Crippen molar-refractivity contribution in [3.63, 3.8) is 0 Å². The van der Waals surface area contributed by atoms with Gasteiger partial charge in [0.1, 0.15) is 0 Å². The zero-order valence-electron chi connectivity index (χ0n) is 27.6. The van der Waals surface area contributed by atoms with Crippen LogP contribution in [0.25, 0.3) is 54.9 Å². The smallest absolute Gasteiger partial charge is 0.171 e. The van der Waals surface area contributed by atoms with Crippen LogP contribution in [0.15, 0.2) is 176 Å². The summed E-state index contributed by atoms with van der Waals surface area (Å²) in [7, 11) is -3.15. The molecule has 1 aliphatic carbocycles. The molecule has 0 unspecified atom stereocenters. The predicted molar refractivity (Wildman–Crippen MR) is 209 cm³/mol. The second kappa shape index (κ2) is 11.3. The van der Waals surface area contributed by atoms with Gasteiger partial charge in [0.25, 0.3) is 0 Å². The lowest BCUT2D eigenvalue weighted by molar-refractivity contribution is 0.592. The van der Waals surface area contributed by atoms with Crippen LogP contribution in [0.2, 0.25) is 0 Å². The maximum absolute atomic E-state index is 15.5. The molecule has 0 heterocycles. The molecule has 0 aliphatic heterocycles. The van der Waals surface area contributed by atoms with Crippen molar-refractivity contribution in [2.75, 3.05) is 0 Å². The van der Waals surface area contributed by atoms with Crippen LogP contribution in [0.1, 0.15) is 25.0 Å². The lowest BCUT2D eigenvalue weighted by atomic mass is 9.67. The molecule has 0 saturated carbocycles. The molecule has 0 amide bonds. The number of fused-ring (bicyclic) bond motifs is 4. The molecule has 0 aromatic heterocycles. The van der Waals surface area contributed by atoms with E-state index in [1.807, 2.05) is 60.7 Å². The van der Waals surface area contributed by atoms with E-state index in [1.54, 1.807) is 0 Å². The Morgan fingerprint density at radius 3 is 1.61 bits per heavy atom. The molecule has 0 N–H and O–H groups in total. The lowest BCUT2D eigenvalue weighted by Gasteiger charge is -2.37. The second-order valence-corrected chi connectivity index (χ2v) is 16.4. The number of hydrogen-bond acceptors (Lipinski definition) is 1. The van der Waals surface area contributed by atoms with Gasteiger partial charge < -0.3 is 4.57 Å². The van der Waals surface area contributed by atoms with Crippen LogP contribution in [0.5, 0.6) is 0 Å². The third-order valence-corrected chi connectivity index (χ3v) is 13.6. The molecule has 8 aromatic rings. The molecule has 234 valence electrons. The van der Waals surface area contributed by atoms with Crippen LogP contribution < -0.4 is 15.9 Å². The van der Waals surface area contributed by atoms with Gasteiger partial charge in [0.2, 0.25) is 0 Å². The standard InChI is InChI=1S/C47H35OP/c1-47(2)42-27-15-26-41-44(34-19-14-18-33(30-34)32-16-6-3-7-17-32)38-24-12-13-25-39(38)45(46(41)42)40-29-28-37(31-43(40)47)49(48,35-20-8-4-9-21-35)36-22-10-5-11-23-36/h3-31H,1-2H3. The lowest BCUT2D eigenvalue weighted by Crippen LogP contribution is -2.29. The third-order valence-electron chi connectivity index (χ3n) is 10.5. The van der Waals surface area contributed by atoms with Crippen LogP contribution in [0, 0.1) is 0 Å². The summed E-state index contributed by atoms with van der Waals surface area (Å²) >= 11 is 0. The summed E-state index contributed by atoms with van der Waals surface area (Å²) in [4.78, 5) is 0. The van der Waals surface area contributed by atoms with Crippen molar-refractivity contribution < 1.29 is 4.57 Å². The van der Waals surface area contributed by atoms with E-state index >= 15 is 4.57 Å². The van der Waals surface area contributed by atoms with Gasteiger partial charge in [-0.2, -0.15) is 0 Å². The fourth-order valence-corrected chi connectivity index (χ4v) is 10.8.